The molecule has 12 heteroatoms. The fraction of sp³-hybridized carbons (Fsp3) is 0.333. The Morgan fingerprint density at radius 2 is 1.76 bits per heavy atom. The zero-order chi connectivity index (χ0) is 24.0. The number of hydrogen-bond donors (Lipinski definition) is 2. The lowest BCUT2D eigenvalue weighted by atomic mass is 9.86. The van der Waals surface area contributed by atoms with Crippen LogP contribution in [0.1, 0.15) is 36.0 Å². The summed E-state index contributed by atoms with van der Waals surface area (Å²) < 4.78 is 42.5. The molecule has 0 bridgehead atoms. The number of amides is 2. The second-order valence-corrected chi connectivity index (χ2v) is 9.39. The van der Waals surface area contributed by atoms with Gasteiger partial charge in [-0.2, -0.15) is 13.2 Å². The Bertz CT molecular complexity index is 1120. The predicted molar refractivity (Wildman–Crippen MR) is 121 cm³/mol. The lowest BCUT2D eigenvalue weighted by Crippen LogP contribution is -2.42. The zero-order valence-electron chi connectivity index (χ0n) is 16.7. The maximum Gasteiger partial charge on any atom is 0.435 e. The van der Waals surface area contributed by atoms with Gasteiger partial charge in [0.05, 0.1) is 20.8 Å². The largest absolute Gasteiger partial charge is 0.435 e. The molecule has 176 valence electrons. The Morgan fingerprint density at radius 1 is 1.09 bits per heavy atom. The summed E-state index contributed by atoms with van der Waals surface area (Å²) in [6.07, 6.45) is -3.54. The highest BCUT2D eigenvalue weighted by molar-refractivity contribution is 6.48. The van der Waals surface area contributed by atoms with Gasteiger partial charge in [0.1, 0.15) is 0 Å². The van der Waals surface area contributed by atoms with E-state index in [9.17, 15) is 18.0 Å². The van der Waals surface area contributed by atoms with Gasteiger partial charge in [0.2, 0.25) is 0 Å². The van der Waals surface area contributed by atoms with Crippen LogP contribution in [0.25, 0.3) is 0 Å². The number of hydrogen-bond acceptors (Lipinski definition) is 3. The number of carbonyl (C=O) groups excluding carboxylic acids is 1. The zero-order valence-corrected chi connectivity index (χ0v) is 19.7. The highest BCUT2D eigenvalue weighted by Gasteiger charge is 2.62. The van der Waals surface area contributed by atoms with Crippen molar-refractivity contribution in [2.45, 2.75) is 43.6 Å². The van der Waals surface area contributed by atoms with Crippen LogP contribution in [0.2, 0.25) is 20.1 Å². The third kappa shape index (κ3) is 4.99. The molecule has 2 aliphatic rings. The molecule has 1 aliphatic carbocycles. The molecule has 1 saturated carbocycles. The summed E-state index contributed by atoms with van der Waals surface area (Å²) in [5.74, 6) is 0. The summed E-state index contributed by atoms with van der Waals surface area (Å²) in [7, 11) is 0. The molecule has 0 saturated heterocycles. The number of alkyl halides is 3. The maximum atomic E-state index is 14.2. The Morgan fingerprint density at radius 3 is 2.33 bits per heavy atom. The number of oxime groups is 1. The first-order valence-electron chi connectivity index (χ1n) is 9.80. The maximum absolute atomic E-state index is 14.2. The molecule has 0 radical (unpaired) electrons. The number of urea groups is 1. The van der Waals surface area contributed by atoms with Crippen LogP contribution in [0.15, 0.2) is 35.5 Å². The predicted octanol–water partition coefficient (Wildman–Crippen LogP) is 6.84. The summed E-state index contributed by atoms with van der Waals surface area (Å²) in [6, 6.07) is 6.70. The van der Waals surface area contributed by atoms with Crippen molar-refractivity contribution in [3.05, 3.63) is 67.1 Å². The summed E-state index contributed by atoms with van der Waals surface area (Å²) in [6.45, 7) is 0.162. The van der Waals surface area contributed by atoms with Crippen LogP contribution in [-0.2, 0) is 17.0 Å². The Hall–Kier alpha value is -1.87. The van der Waals surface area contributed by atoms with Crippen LogP contribution >= 0.6 is 46.4 Å². The molecule has 1 aliphatic heterocycles. The third-order valence-electron chi connectivity index (χ3n) is 5.37. The SMILES string of the molecule is O=C(NCc1ccc(C2=NOC(c3cc(Cl)c(Cl)c(Cl)c3)(C(F)(F)F)C2)cc1Cl)NC1CC1. The Kier molecular flexibility index (Phi) is 6.66. The normalized spacial score (nSPS) is 20.3. The van der Waals surface area contributed by atoms with Gasteiger partial charge in [-0.05, 0) is 36.6 Å². The van der Waals surface area contributed by atoms with Crippen molar-refractivity contribution < 1.29 is 22.8 Å². The topological polar surface area (TPSA) is 62.7 Å². The van der Waals surface area contributed by atoms with E-state index in [1.54, 1.807) is 12.1 Å². The number of rotatable bonds is 5. The van der Waals surface area contributed by atoms with Gasteiger partial charge in [-0.15, -0.1) is 0 Å². The van der Waals surface area contributed by atoms with E-state index in [1.165, 1.54) is 6.07 Å². The van der Waals surface area contributed by atoms with Crippen molar-refractivity contribution in [3.63, 3.8) is 0 Å². The second-order valence-electron chi connectivity index (χ2n) is 7.79. The van der Waals surface area contributed by atoms with Crippen molar-refractivity contribution >= 4 is 58.1 Å². The number of halogens is 7. The molecule has 0 aromatic heterocycles. The van der Waals surface area contributed by atoms with Gasteiger partial charge in [0.15, 0.2) is 0 Å². The summed E-state index contributed by atoms with van der Waals surface area (Å²) in [5, 5.41) is 9.14. The highest BCUT2D eigenvalue weighted by Crippen LogP contribution is 2.50. The van der Waals surface area contributed by atoms with Crippen molar-refractivity contribution in [1.29, 1.82) is 0 Å². The van der Waals surface area contributed by atoms with Gasteiger partial charge >= 0.3 is 12.2 Å². The van der Waals surface area contributed by atoms with Crippen LogP contribution in [0.5, 0.6) is 0 Å². The standard InChI is InChI=1S/C21H16Cl4F3N3O2/c22-14-5-10(1-2-11(14)9-29-19(32)30-13-3-4-13)17-8-20(33-31-17,21(26,27)28)12-6-15(23)18(25)16(24)7-12/h1-2,5-7,13H,3-4,8-9H2,(H2,29,30,32). The van der Waals surface area contributed by atoms with Crippen molar-refractivity contribution in [3.8, 4) is 0 Å². The summed E-state index contributed by atoms with van der Waals surface area (Å²) in [5.41, 5.74) is -2.11. The molecular formula is C21H16Cl4F3N3O2. The minimum atomic E-state index is -4.83. The van der Waals surface area contributed by atoms with Crippen molar-refractivity contribution in [2.75, 3.05) is 0 Å². The van der Waals surface area contributed by atoms with Gasteiger partial charge in [0.25, 0.3) is 5.60 Å². The number of nitrogens with one attached hydrogen (secondary N) is 2. The van der Waals surface area contributed by atoms with E-state index < -0.39 is 18.2 Å². The first-order valence-corrected chi connectivity index (χ1v) is 11.3. The van der Waals surface area contributed by atoms with Gasteiger partial charge in [0, 0.05) is 35.2 Å². The van der Waals surface area contributed by atoms with Crippen molar-refractivity contribution in [1.82, 2.24) is 10.6 Å². The first kappa shape index (κ1) is 24.3. The monoisotopic (exact) mass is 539 g/mol. The summed E-state index contributed by atoms with van der Waals surface area (Å²) >= 11 is 24.1. The third-order valence-corrected chi connectivity index (χ3v) is 6.92. The van der Waals surface area contributed by atoms with Crippen LogP contribution in [0, 0.1) is 0 Å². The van der Waals surface area contributed by atoms with Crippen LogP contribution in [0.3, 0.4) is 0 Å². The Labute approximate surface area is 207 Å². The molecule has 2 aromatic rings. The van der Waals surface area contributed by atoms with E-state index in [0.29, 0.717) is 11.1 Å². The molecule has 1 heterocycles. The van der Waals surface area contributed by atoms with E-state index in [-0.39, 0.29) is 50.0 Å². The van der Waals surface area contributed by atoms with Gasteiger partial charge < -0.3 is 15.5 Å². The molecule has 4 rings (SSSR count). The molecule has 33 heavy (non-hydrogen) atoms. The van der Waals surface area contributed by atoms with E-state index in [2.05, 4.69) is 15.8 Å². The average Bonchev–Trinajstić information content (AvgIpc) is 3.42. The van der Waals surface area contributed by atoms with E-state index >= 15 is 0 Å². The average molecular weight is 541 g/mol. The number of nitrogens with zero attached hydrogens (tertiary/aromatic N) is 1. The van der Waals surface area contributed by atoms with Crippen molar-refractivity contribution in [2.24, 2.45) is 5.16 Å². The first-order chi connectivity index (χ1) is 15.5. The quantitative estimate of drug-likeness (QED) is 0.408. The number of carbonyl (C=O) groups is 1. The van der Waals surface area contributed by atoms with Gasteiger partial charge in [-0.25, -0.2) is 4.79 Å². The van der Waals surface area contributed by atoms with Crippen LogP contribution in [0.4, 0.5) is 18.0 Å². The van der Waals surface area contributed by atoms with Crippen LogP contribution in [-0.4, -0.2) is 24.0 Å². The fourth-order valence-corrected chi connectivity index (χ4v) is 4.20. The van der Waals surface area contributed by atoms with E-state index in [4.69, 9.17) is 51.2 Å². The van der Waals surface area contributed by atoms with Gasteiger partial charge in [-0.3, -0.25) is 0 Å². The lowest BCUT2D eigenvalue weighted by Gasteiger charge is -2.30. The highest BCUT2D eigenvalue weighted by atomic mass is 35.5. The molecule has 2 aromatic carbocycles. The molecule has 5 nitrogen and oxygen atoms in total. The van der Waals surface area contributed by atoms with E-state index in [0.717, 1.165) is 25.0 Å². The minimum Gasteiger partial charge on any atom is -0.374 e. The Balaban J connectivity index is 1.54. The molecule has 1 unspecified atom stereocenters. The van der Waals surface area contributed by atoms with Gasteiger partial charge in [-0.1, -0.05) is 63.7 Å². The smallest absolute Gasteiger partial charge is 0.374 e. The molecule has 1 atom stereocenters. The van der Waals surface area contributed by atoms with Crippen LogP contribution < -0.4 is 10.6 Å². The minimum absolute atomic E-state index is 0.0439. The molecular weight excluding hydrogens is 525 g/mol. The van der Waals surface area contributed by atoms with E-state index in [1.807, 2.05) is 0 Å². The fourth-order valence-electron chi connectivity index (χ4n) is 3.36. The molecule has 2 amide bonds. The molecule has 1 fully saturated rings. The lowest BCUT2D eigenvalue weighted by molar-refractivity contribution is -0.275. The second kappa shape index (κ2) is 9.06. The molecule has 2 N–H and O–H groups in total. The summed E-state index contributed by atoms with van der Waals surface area (Å²) in [4.78, 5) is 16.8. The number of benzene rings is 2. The molecule has 0 spiro atoms.